The van der Waals surface area contributed by atoms with Gasteiger partial charge in [0, 0.05) is 12.5 Å². The van der Waals surface area contributed by atoms with Gasteiger partial charge in [-0.1, -0.05) is 0 Å². The molecule has 0 heterocycles. The highest BCUT2D eigenvalue weighted by atomic mass is 16.5. The number of ether oxygens (including phenoxy) is 1. The second-order valence-electron chi connectivity index (χ2n) is 3.92. The Bertz CT molecular complexity index is 306. The fourth-order valence-electron chi connectivity index (χ4n) is 1.20. The zero-order valence-corrected chi connectivity index (χ0v) is 10.9. The van der Waals surface area contributed by atoms with Gasteiger partial charge in [-0.2, -0.15) is 0 Å². The number of rotatable bonds is 7. The van der Waals surface area contributed by atoms with Crippen molar-refractivity contribution in [2.45, 2.75) is 45.7 Å². The molecule has 0 fully saturated rings. The molecule has 0 aromatic heterocycles. The average Bonchev–Trinajstić information content (AvgIpc) is 2.26. The van der Waals surface area contributed by atoms with Crippen molar-refractivity contribution in [1.82, 2.24) is 10.6 Å². The molecule has 0 saturated carbocycles. The summed E-state index contributed by atoms with van der Waals surface area (Å²) in [5, 5.41) is 13.4. The first kappa shape index (κ1) is 16.2. The summed E-state index contributed by atoms with van der Waals surface area (Å²) in [6, 6.07) is -1.54. The Balaban J connectivity index is 3.95. The maximum absolute atomic E-state index is 11.4. The van der Waals surface area contributed by atoms with E-state index in [2.05, 4.69) is 10.6 Å². The first-order valence-corrected chi connectivity index (χ1v) is 5.82. The van der Waals surface area contributed by atoms with Crippen LogP contribution in [0.1, 0.15) is 33.6 Å². The first-order valence-electron chi connectivity index (χ1n) is 5.82. The molecule has 7 heteroatoms. The van der Waals surface area contributed by atoms with Crippen LogP contribution in [-0.2, 0) is 14.3 Å². The number of carboxylic acid groups (broad SMARTS) is 1. The van der Waals surface area contributed by atoms with E-state index in [4.69, 9.17) is 9.84 Å². The standard InChI is InChI=1S/C11H20N2O5/c1-4-18-10(16)8(3)13-11(17)12-7(2)5-6-9(14)15/h7-8H,4-6H2,1-3H3,(H,14,15)(H2,12,13,17). The fraction of sp³-hybridized carbons (Fsp3) is 0.727. The van der Waals surface area contributed by atoms with Crippen LogP contribution in [0.3, 0.4) is 0 Å². The van der Waals surface area contributed by atoms with Crippen LogP contribution >= 0.6 is 0 Å². The van der Waals surface area contributed by atoms with Gasteiger partial charge in [0.05, 0.1) is 6.61 Å². The van der Waals surface area contributed by atoms with Crippen molar-refractivity contribution in [2.24, 2.45) is 0 Å². The monoisotopic (exact) mass is 260 g/mol. The molecule has 0 aliphatic carbocycles. The summed E-state index contributed by atoms with van der Waals surface area (Å²) in [4.78, 5) is 33.0. The predicted octanol–water partition coefficient (Wildman–Crippen LogP) is 0.491. The van der Waals surface area contributed by atoms with Gasteiger partial charge >= 0.3 is 18.0 Å². The minimum Gasteiger partial charge on any atom is -0.481 e. The Morgan fingerprint density at radius 3 is 2.33 bits per heavy atom. The van der Waals surface area contributed by atoms with E-state index in [0.29, 0.717) is 6.42 Å². The summed E-state index contributed by atoms with van der Waals surface area (Å²) in [6.45, 7) is 5.14. The molecule has 0 rings (SSSR count). The summed E-state index contributed by atoms with van der Waals surface area (Å²) in [5.41, 5.74) is 0. The Labute approximate surface area is 106 Å². The Morgan fingerprint density at radius 2 is 1.83 bits per heavy atom. The highest BCUT2D eigenvalue weighted by Crippen LogP contribution is 1.96. The van der Waals surface area contributed by atoms with Crippen LogP contribution < -0.4 is 10.6 Å². The van der Waals surface area contributed by atoms with Gasteiger partial charge in [0.15, 0.2) is 0 Å². The van der Waals surface area contributed by atoms with Gasteiger partial charge in [0.25, 0.3) is 0 Å². The van der Waals surface area contributed by atoms with Gasteiger partial charge < -0.3 is 20.5 Å². The van der Waals surface area contributed by atoms with Gasteiger partial charge in [-0.3, -0.25) is 4.79 Å². The summed E-state index contributed by atoms with van der Waals surface area (Å²) in [5.74, 6) is -1.42. The number of carbonyl (C=O) groups is 3. The van der Waals surface area contributed by atoms with E-state index in [0.717, 1.165) is 0 Å². The van der Waals surface area contributed by atoms with Crippen LogP contribution in [0.2, 0.25) is 0 Å². The molecule has 0 aliphatic rings. The summed E-state index contributed by atoms with van der Waals surface area (Å²) in [6.07, 6.45) is 0.311. The second-order valence-corrected chi connectivity index (χ2v) is 3.92. The molecule has 0 bridgehead atoms. The molecular formula is C11H20N2O5. The smallest absolute Gasteiger partial charge is 0.328 e. The van der Waals surface area contributed by atoms with Gasteiger partial charge in [-0.15, -0.1) is 0 Å². The van der Waals surface area contributed by atoms with Crippen molar-refractivity contribution in [3.05, 3.63) is 0 Å². The van der Waals surface area contributed by atoms with Gasteiger partial charge in [0.1, 0.15) is 6.04 Å². The lowest BCUT2D eigenvalue weighted by Gasteiger charge is -2.16. The maximum atomic E-state index is 11.4. The summed E-state index contributed by atoms with van der Waals surface area (Å²) < 4.78 is 4.73. The van der Waals surface area contributed by atoms with E-state index in [-0.39, 0.29) is 19.1 Å². The van der Waals surface area contributed by atoms with Crippen molar-refractivity contribution < 1.29 is 24.2 Å². The highest BCUT2D eigenvalue weighted by Gasteiger charge is 2.17. The molecule has 3 N–H and O–H groups in total. The van der Waals surface area contributed by atoms with Crippen molar-refractivity contribution in [3.8, 4) is 0 Å². The largest absolute Gasteiger partial charge is 0.481 e. The van der Waals surface area contributed by atoms with Crippen LogP contribution in [-0.4, -0.2) is 41.8 Å². The minimum atomic E-state index is -0.913. The molecule has 104 valence electrons. The van der Waals surface area contributed by atoms with E-state index in [1.165, 1.54) is 6.92 Å². The normalized spacial score (nSPS) is 13.3. The van der Waals surface area contributed by atoms with E-state index >= 15 is 0 Å². The number of aliphatic carboxylic acids is 1. The van der Waals surface area contributed by atoms with E-state index in [1.54, 1.807) is 13.8 Å². The van der Waals surface area contributed by atoms with E-state index in [9.17, 15) is 14.4 Å². The molecule has 2 atom stereocenters. The summed E-state index contributed by atoms with van der Waals surface area (Å²) >= 11 is 0. The number of hydrogen-bond donors (Lipinski definition) is 3. The molecule has 18 heavy (non-hydrogen) atoms. The maximum Gasteiger partial charge on any atom is 0.328 e. The molecular weight excluding hydrogens is 240 g/mol. The second kappa shape index (κ2) is 8.32. The number of carbonyl (C=O) groups excluding carboxylic acids is 2. The summed E-state index contributed by atoms with van der Waals surface area (Å²) in [7, 11) is 0. The van der Waals surface area contributed by atoms with Crippen LogP contribution in [0.4, 0.5) is 4.79 Å². The first-order chi connectivity index (χ1) is 8.36. The SMILES string of the molecule is CCOC(=O)C(C)NC(=O)NC(C)CCC(=O)O. The third-order valence-corrected chi connectivity index (χ3v) is 2.16. The predicted molar refractivity (Wildman–Crippen MR) is 64.1 cm³/mol. The van der Waals surface area contributed by atoms with Gasteiger partial charge in [-0.25, -0.2) is 9.59 Å². The average molecular weight is 260 g/mol. The molecule has 2 amide bonds. The van der Waals surface area contributed by atoms with Crippen LogP contribution in [0, 0.1) is 0 Å². The van der Waals surface area contributed by atoms with Crippen molar-refractivity contribution in [2.75, 3.05) is 6.61 Å². The molecule has 0 aliphatic heterocycles. The molecule has 2 unspecified atom stereocenters. The molecule has 0 saturated heterocycles. The third-order valence-electron chi connectivity index (χ3n) is 2.16. The van der Waals surface area contributed by atoms with Crippen molar-refractivity contribution in [1.29, 1.82) is 0 Å². The topological polar surface area (TPSA) is 105 Å². The lowest BCUT2D eigenvalue weighted by Crippen LogP contribution is -2.47. The number of nitrogens with one attached hydrogen (secondary N) is 2. The molecule has 0 radical (unpaired) electrons. The zero-order chi connectivity index (χ0) is 14.1. The van der Waals surface area contributed by atoms with Crippen LogP contribution in [0.15, 0.2) is 0 Å². The lowest BCUT2D eigenvalue weighted by atomic mass is 10.2. The molecule has 0 aromatic rings. The van der Waals surface area contributed by atoms with Gasteiger partial charge in [0.2, 0.25) is 0 Å². The number of amides is 2. The minimum absolute atomic E-state index is 0.0190. The lowest BCUT2D eigenvalue weighted by molar-refractivity contribution is -0.144. The molecule has 7 nitrogen and oxygen atoms in total. The van der Waals surface area contributed by atoms with Crippen LogP contribution in [0.25, 0.3) is 0 Å². The fourth-order valence-corrected chi connectivity index (χ4v) is 1.20. The van der Waals surface area contributed by atoms with Crippen LogP contribution in [0.5, 0.6) is 0 Å². The number of hydrogen-bond acceptors (Lipinski definition) is 4. The van der Waals surface area contributed by atoms with Crippen molar-refractivity contribution >= 4 is 18.0 Å². The Hall–Kier alpha value is -1.79. The van der Waals surface area contributed by atoms with Crippen molar-refractivity contribution in [3.63, 3.8) is 0 Å². The third kappa shape index (κ3) is 7.48. The Morgan fingerprint density at radius 1 is 1.22 bits per heavy atom. The number of carboxylic acids is 1. The quantitative estimate of drug-likeness (QED) is 0.578. The molecule has 0 spiro atoms. The zero-order valence-electron chi connectivity index (χ0n) is 10.9. The van der Waals surface area contributed by atoms with E-state index in [1.807, 2.05) is 0 Å². The Kier molecular flexibility index (Phi) is 7.50. The highest BCUT2D eigenvalue weighted by molar-refractivity contribution is 5.83. The van der Waals surface area contributed by atoms with Gasteiger partial charge in [-0.05, 0) is 27.2 Å². The van der Waals surface area contributed by atoms with E-state index < -0.39 is 24.0 Å². The molecule has 0 aromatic carbocycles. The number of urea groups is 1. The number of esters is 1.